The molecule has 0 saturated heterocycles. The maximum Gasteiger partial charge on any atom is 0.185 e. The summed E-state index contributed by atoms with van der Waals surface area (Å²) in [6.07, 6.45) is 9.85. The number of rotatable bonds is 4. The van der Waals surface area contributed by atoms with Crippen LogP contribution < -0.4 is 10.0 Å². The van der Waals surface area contributed by atoms with E-state index in [1.165, 1.54) is 31.9 Å². The van der Waals surface area contributed by atoms with Crippen LogP contribution in [0.2, 0.25) is 0 Å². The van der Waals surface area contributed by atoms with E-state index in [1.54, 1.807) is 18.5 Å². The van der Waals surface area contributed by atoms with Gasteiger partial charge in [0.15, 0.2) is 18.0 Å². The van der Waals surface area contributed by atoms with Crippen molar-refractivity contribution in [1.82, 2.24) is 14.6 Å². The second-order valence-electron chi connectivity index (χ2n) is 7.09. The first-order valence-electron chi connectivity index (χ1n) is 9.07. The van der Waals surface area contributed by atoms with Crippen LogP contribution >= 0.6 is 15.9 Å². The van der Waals surface area contributed by atoms with Crippen LogP contribution in [-0.2, 0) is 6.54 Å². The zero-order valence-electron chi connectivity index (χ0n) is 14.7. The lowest BCUT2D eigenvalue weighted by Crippen LogP contribution is -2.25. The molecule has 26 heavy (non-hydrogen) atoms. The van der Waals surface area contributed by atoms with E-state index in [2.05, 4.69) is 39.3 Å². The van der Waals surface area contributed by atoms with Gasteiger partial charge < -0.3 is 10.5 Å². The summed E-state index contributed by atoms with van der Waals surface area (Å²) in [6, 6.07) is 5.81. The van der Waals surface area contributed by atoms with Gasteiger partial charge in [-0.15, -0.1) is 0 Å². The standard InChI is InChI=1S/C19H22BrN5O/c1-13-5-2-3-7-15(13)17-9-18(25-19(23-17)16(20)11-22-25)21-10-14-6-4-8-24(26)12-14/h4,6,8-9,11-13,15,21H,2-3,5,7,10H2,1H3. The number of pyridine rings is 1. The third-order valence-corrected chi connectivity index (χ3v) is 5.81. The van der Waals surface area contributed by atoms with Crippen LogP contribution in [0.5, 0.6) is 0 Å². The normalized spacial score (nSPS) is 20.4. The average Bonchev–Trinajstić information content (AvgIpc) is 3.01. The highest BCUT2D eigenvalue weighted by molar-refractivity contribution is 9.10. The molecule has 7 heteroatoms. The molecule has 1 aliphatic rings. The number of fused-ring (bicyclic) bond motifs is 1. The minimum Gasteiger partial charge on any atom is -0.619 e. The summed E-state index contributed by atoms with van der Waals surface area (Å²) < 4.78 is 3.52. The number of aromatic nitrogens is 4. The molecule has 6 nitrogen and oxygen atoms in total. The molecule has 1 N–H and O–H groups in total. The summed E-state index contributed by atoms with van der Waals surface area (Å²) in [5.41, 5.74) is 2.88. The number of halogens is 1. The topological polar surface area (TPSA) is 69.2 Å². The van der Waals surface area contributed by atoms with Crippen LogP contribution in [0.3, 0.4) is 0 Å². The Hall–Kier alpha value is -2.15. The predicted octanol–water partition coefficient (Wildman–Crippen LogP) is 4.03. The van der Waals surface area contributed by atoms with Gasteiger partial charge in [0.25, 0.3) is 0 Å². The Morgan fingerprint density at radius 1 is 1.38 bits per heavy atom. The third kappa shape index (κ3) is 3.40. The molecule has 4 rings (SSSR count). The molecule has 2 atom stereocenters. The van der Waals surface area contributed by atoms with Gasteiger partial charge >= 0.3 is 0 Å². The molecule has 0 spiro atoms. The van der Waals surface area contributed by atoms with Crippen molar-refractivity contribution in [2.75, 3.05) is 5.32 Å². The molecule has 3 aromatic rings. The summed E-state index contributed by atoms with van der Waals surface area (Å²) in [5.74, 6) is 2.02. The SMILES string of the molecule is CC1CCCCC1c1cc(NCc2ccc[n+]([O-])c2)n2ncc(Br)c2n1. The van der Waals surface area contributed by atoms with Crippen molar-refractivity contribution in [2.45, 2.75) is 45.1 Å². The van der Waals surface area contributed by atoms with Gasteiger partial charge in [0, 0.05) is 35.9 Å². The average molecular weight is 416 g/mol. The first-order chi connectivity index (χ1) is 12.6. The second-order valence-corrected chi connectivity index (χ2v) is 7.94. The summed E-state index contributed by atoms with van der Waals surface area (Å²) in [4.78, 5) is 4.90. The number of hydrogen-bond acceptors (Lipinski definition) is 4. The molecule has 0 bridgehead atoms. The quantitative estimate of drug-likeness (QED) is 0.515. The van der Waals surface area contributed by atoms with Crippen LogP contribution in [-0.4, -0.2) is 14.6 Å². The van der Waals surface area contributed by atoms with Crippen molar-refractivity contribution >= 4 is 27.4 Å². The van der Waals surface area contributed by atoms with E-state index in [0.29, 0.717) is 18.4 Å². The van der Waals surface area contributed by atoms with E-state index < -0.39 is 0 Å². The lowest BCUT2D eigenvalue weighted by Gasteiger charge is -2.28. The van der Waals surface area contributed by atoms with E-state index in [1.807, 2.05) is 10.6 Å². The van der Waals surface area contributed by atoms with Crippen LogP contribution in [0.4, 0.5) is 5.82 Å². The summed E-state index contributed by atoms with van der Waals surface area (Å²) in [5, 5.41) is 19.3. The highest BCUT2D eigenvalue weighted by atomic mass is 79.9. The van der Waals surface area contributed by atoms with Crippen molar-refractivity contribution in [1.29, 1.82) is 0 Å². The highest BCUT2D eigenvalue weighted by Gasteiger charge is 2.25. The fraction of sp³-hybridized carbons (Fsp3) is 0.421. The van der Waals surface area contributed by atoms with Crippen molar-refractivity contribution in [3.63, 3.8) is 0 Å². The van der Waals surface area contributed by atoms with E-state index >= 15 is 0 Å². The molecule has 0 amide bonds. The lowest BCUT2D eigenvalue weighted by molar-refractivity contribution is -0.605. The molecule has 1 fully saturated rings. The van der Waals surface area contributed by atoms with Gasteiger partial charge in [-0.1, -0.05) is 26.2 Å². The molecule has 2 unspecified atom stereocenters. The zero-order chi connectivity index (χ0) is 18.1. The monoisotopic (exact) mass is 415 g/mol. The first-order valence-corrected chi connectivity index (χ1v) is 9.87. The van der Waals surface area contributed by atoms with E-state index in [9.17, 15) is 5.21 Å². The minimum absolute atomic E-state index is 0.483. The van der Waals surface area contributed by atoms with E-state index in [4.69, 9.17) is 4.98 Å². The van der Waals surface area contributed by atoms with Gasteiger partial charge in [-0.25, -0.2) is 4.98 Å². The molecule has 0 aromatic carbocycles. The lowest BCUT2D eigenvalue weighted by atomic mass is 9.78. The molecule has 0 aliphatic heterocycles. The van der Waals surface area contributed by atoms with Crippen LogP contribution in [0.1, 0.15) is 49.8 Å². The Morgan fingerprint density at radius 2 is 2.23 bits per heavy atom. The molecule has 1 aliphatic carbocycles. The van der Waals surface area contributed by atoms with Gasteiger partial charge in [-0.2, -0.15) is 14.3 Å². The molecule has 3 heterocycles. The summed E-state index contributed by atoms with van der Waals surface area (Å²) >= 11 is 3.56. The Bertz CT molecular complexity index is 925. The Kier molecular flexibility index (Phi) is 4.80. The van der Waals surface area contributed by atoms with Crippen LogP contribution in [0, 0.1) is 11.1 Å². The fourth-order valence-corrected chi connectivity index (χ4v) is 4.17. The molecular weight excluding hydrogens is 394 g/mol. The number of nitrogens with one attached hydrogen (secondary N) is 1. The van der Waals surface area contributed by atoms with Gasteiger partial charge in [-0.3, -0.25) is 0 Å². The number of anilines is 1. The van der Waals surface area contributed by atoms with Crippen LogP contribution in [0.15, 0.2) is 41.3 Å². The van der Waals surface area contributed by atoms with Gasteiger partial charge in [0.1, 0.15) is 5.82 Å². The molecule has 136 valence electrons. The Balaban J connectivity index is 1.68. The maximum atomic E-state index is 11.5. The summed E-state index contributed by atoms with van der Waals surface area (Å²) in [7, 11) is 0. The zero-order valence-corrected chi connectivity index (χ0v) is 16.3. The summed E-state index contributed by atoms with van der Waals surface area (Å²) in [6.45, 7) is 2.88. The van der Waals surface area contributed by atoms with E-state index in [-0.39, 0.29) is 0 Å². The van der Waals surface area contributed by atoms with Crippen LogP contribution in [0.25, 0.3) is 5.65 Å². The van der Waals surface area contributed by atoms with Crippen molar-refractivity contribution in [2.24, 2.45) is 5.92 Å². The first kappa shape index (κ1) is 17.3. The van der Waals surface area contributed by atoms with Gasteiger partial charge in [0.2, 0.25) is 0 Å². The smallest absolute Gasteiger partial charge is 0.185 e. The van der Waals surface area contributed by atoms with Crippen molar-refractivity contribution < 1.29 is 4.73 Å². The molecular formula is C19H22BrN5O. The number of hydrogen-bond donors (Lipinski definition) is 1. The largest absolute Gasteiger partial charge is 0.619 e. The molecule has 3 aromatic heterocycles. The molecule has 0 radical (unpaired) electrons. The second kappa shape index (κ2) is 7.23. The highest BCUT2D eigenvalue weighted by Crippen LogP contribution is 2.38. The third-order valence-electron chi connectivity index (χ3n) is 5.25. The van der Waals surface area contributed by atoms with Gasteiger partial charge in [-0.05, 0) is 34.3 Å². The Labute approximate surface area is 161 Å². The molecule has 1 saturated carbocycles. The van der Waals surface area contributed by atoms with Gasteiger partial charge in [0.05, 0.1) is 10.7 Å². The van der Waals surface area contributed by atoms with Crippen molar-refractivity contribution in [3.05, 3.63) is 57.7 Å². The van der Waals surface area contributed by atoms with E-state index in [0.717, 1.165) is 31.9 Å². The Morgan fingerprint density at radius 3 is 3.04 bits per heavy atom. The predicted molar refractivity (Wildman–Crippen MR) is 104 cm³/mol. The number of nitrogens with zero attached hydrogens (tertiary/aromatic N) is 4. The van der Waals surface area contributed by atoms with Crippen molar-refractivity contribution in [3.8, 4) is 0 Å². The maximum absolute atomic E-state index is 11.5. The minimum atomic E-state index is 0.483. The fourth-order valence-electron chi connectivity index (χ4n) is 3.82.